The molecule has 0 bridgehead atoms. The van der Waals surface area contributed by atoms with E-state index in [1.54, 1.807) is 7.11 Å². The third kappa shape index (κ3) is 6.85. The summed E-state index contributed by atoms with van der Waals surface area (Å²) < 4.78 is 16.3. The average Bonchev–Trinajstić information content (AvgIpc) is 2.69. The summed E-state index contributed by atoms with van der Waals surface area (Å²) >= 11 is 0. The highest BCUT2D eigenvalue weighted by molar-refractivity contribution is 5.76. The average molecular weight is 371 g/mol. The van der Waals surface area contributed by atoms with Gasteiger partial charge in [0.15, 0.2) is 11.5 Å². The highest BCUT2D eigenvalue weighted by Crippen LogP contribution is 2.29. The van der Waals surface area contributed by atoms with E-state index in [2.05, 4.69) is 5.32 Å². The second kappa shape index (κ2) is 11.1. The van der Waals surface area contributed by atoms with E-state index in [1.807, 2.05) is 56.3 Å². The zero-order chi connectivity index (χ0) is 19.5. The molecule has 2 aromatic carbocycles. The number of rotatable bonds is 11. The highest BCUT2D eigenvalue weighted by atomic mass is 16.5. The van der Waals surface area contributed by atoms with Crippen LogP contribution in [0.2, 0.25) is 0 Å². The van der Waals surface area contributed by atoms with Crippen LogP contribution in [0.15, 0.2) is 42.5 Å². The number of aryl methyl sites for hydroxylation is 1. The first-order chi connectivity index (χ1) is 13.2. The monoisotopic (exact) mass is 371 g/mol. The minimum Gasteiger partial charge on any atom is -0.497 e. The van der Waals surface area contributed by atoms with Gasteiger partial charge in [0, 0.05) is 13.0 Å². The smallest absolute Gasteiger partial charge is 0.220 e. The lowest BCUT2D eigenvalue weighted by molar-refractivity contribution is -0.121. The molecule has 0 unspecified atom stereocenters. The Kier molecular flexibility index (Phi) is 8.49. The molecular formula is C22H29NO4. The van der Waals surface area contributed by atoms with E-state index in [1.165, 1.54) is 5.56 Å². The van der Waals surface area contributed by atoms with Gasteiger partial charge < -0.3 is 19.5 Å². The van der Waals surface area contributed by atoms with Crippen LogP contribution in [0.4, 0.5) is 0 Å². The molecule has 0 aliphatic heterocycles. The summed E-state index contributed by atoms with van der Waals surface area (Å²) in [6, 6.07) is 13.7. The minimum atomic E-state index is 0.0513. The fraction of sp³-hybridized carbons (Fsp3) is 0.409. The summed E-state index contributed by atoms with van der Waals surface area (Å²) in [6.07, 6.45) is 1.91. The van der Waals surface area contributed by atoms with Crippen LogP contribution in [-0.2, 0) is 17.6 Å². The first-order valence-electron chi connectivity index (χ1n) is 9.44. The van der Waals surface area contributed by atoms with E-state index in [0.29, 0.717) is 32.6 Å². The molecule has 5 nitrogen and oxygen atoms in total. The number of carbonyl (C=O) groups is 1. The minimum absolute atomic E-state index is 0.0513. The molecule has 1 N–H and O–H groups in total. The van der Waals surface area contributed by atoms with Crippen molar-refractivity contribution in [2.24, 2.45) is 0 Å². The molecule has 1 amide bonds. The third-order valence-electron chi connectivity index (χ3n) is 4.14. The number of methoxy groups -OCH3 is 1. The van der Waals surface area contributed by atoms with Crippen LogP contribution in [0.5, 0.6) is 17.2 Å². The van der Waals surface area contributed by atoms with E-state index < -0.39 is 0 Å². The maximum Gasteiger partial charge on any atom is 0.220 e. The quantitative estimate of drug-likeness (QED) is 0.653. The Morgan fingerprint density at radius 3 is 2.22 bits per heavy atom. The standard InChI is InChI=1S/C22H29NO4/c1-4-26-20-12-8-18(16-21(20)27-5-2)9-13-22(24)23-15-14-17-6-10-19(25-3)11-7-17/h6-8,10-12,16H,4-5,9,13-15H2,1-3H3,(H,23,24). The molecule has 0 radical (unpaired) electrons. The summed E-state index contributed by atoms with van der Waals surface area (Å²) in [6.45, 7) is 5.68. The number of carbonyl (C=O) groups excluding carboxylic acids is 1. The number of ether oxygens (including phenoxy) is 3. The van der Waals surface area contributed by atoms with Gasteiger partial charge in [-0.2, -0.15) is 0 Å². The molecule has 0 atom stereocenters. The summed E-state index contributed by atoms with van der Waals surface area (Å²) in [5.74, 6) is 2.36. The van der Waals surface area contributed by atoms with Crippen molar-refractivity contribution in [1.82, 2.24) is 5.32 Å². The van der Waals surface area contributed by atoms with E-state index in [9.17, 15) is 4.79 Å². The SMILES string of the molecule is CCOc1ccc(CCC(=O)NCCc2ccc(OC)cc2)cc1OCC. The van der Waals surface area contributed by atoms with Crippen LogP contribution in [0.25, 0.3) is 0 Å². The molecule has 2 rings (SSSR count). The van der Waals surface area contributed by atoms with Gasteiger partial charge in [0.2, 0.25) is 5.91 Å². The molecule has 0 fully saturated rings. The summed E-state index contributed by atoms with van der Waals surface area (Å²) in [7, 11) is 1.65. The van der Waals surface area contributed by atoms with Crippen LogP contribution in [0.3, 0.4) is 0 Å². The number of benzene rings is 2. The Labute approximate surface area is 161 Å². The van der Waals surface area contributed by atoms with Crippen molar-refractivity contribution in [3.63, 3.8) is 0 Å². The lowest BCUT2D eigenvalue weighted by Gasteiger charge is -2.12. The van der Waals surface area contributed by atoms with E-state index >= 15 is 0 Å². The van der Waals surface area contributed by atoms with Gasteiger partial charge in [-0.3, -0.25) is 4.79 Å². The first-order valence-corrected chi connectivity index (χ1v) is 9.44. The molecular weight excluding hydrogens is 342 g/mol. The zero-order valence-electron chi connectivity index (χ0n) is 16.4. The lowest BCUT2D eigenvalue weighted by atomic mass is 10.1. The largest absolute Gasteiger partial charge is 0.497 e. The molecule has 146 valence electrons. The zero-order valence-corrected chi connectivity index (χ0v) is 16.4. The molecule has 2 aromatic rings. The van der Waals surface area contributed by atoms with Crippen LogP contribution in [-0.4, -0.2) is 32.8 Å². The summed E-state index contributed by atoms with van der Waals surface area (Å²) in [5, 5.41) is 2.98. The van der Waals surface area contributed by atoms with Gasteiger partial charge in [0.25, 0.3) is 0 Å². The second-order valence-electron chi connectivity index (χ2n) is 6.10. The summed E-state index contributed by atoms with van der Waals surface area (Å²) in [4.78, 5) is 12.1. The third-order valence-corrected chi connectivity index (χ3v) is 4.14. The van der Waals surface area contributed by atoms with Gasteiger partial charge in [-0.25, -0.2) is 0 Å². The van der Waals surface area contributed by atoms with Gasteiger partial charge in [0.1, 0.15) is 5.75 Å². The maximum atomic E-state index is 12.1. The number of nitrogens with one attached hydrogen (secondary N) is 1. The van der Waals surface area contributed by atoms with Crippen molar-refractivity contribution in [3.8, 4) is 17.2 Å². The number of hydrogen-bond donors (Lipinski definition) is 1. The Morgan fingerprint density at radius 1 is 0.889 bits per heavy atom. The molecule has 0 aliphatic carbocycles. The fourth-order valence-corrected chi connectivity index (χ4v) is 2.74. The highest BCUT2D eigenvalue weighted by Gasteiger charge is 2.08. The second-order valence-corrected chi connectivity index (χ2v) is 6.10. The van der Waals surface area contributed by atoms with Crippen LogP contribution >= 0.6 is 0 Å². The normalized spacial score (nSPS) is 10.3. The van der Waals surface area contributed by atoms with Crippen LogP contribution < -0.4 is 19.5 Å². The van der Waals surface area contributed by atoms with Crippen LogP contribution in [0, 0.1) is 0 Å². The molecule has 27 heavy (non-hydrogen) atoms. The Hall–Kier alpha value is -2.69. The van der Waals surface area contributed by atoms with E-state index in [-0.39, 0.29) is 5.91 Å². The fourth-order valence-electron chi connectivity index (χ4n) is 2.74. The molecule has 0 spiro atoms. The summed E-state index contributed by atoms with van der Waals surface area (Å²) in [5.41, 5.74) is 2.23. The molecule has 0 aliphatic rings. The van der Waals surface area contributed by atoms with E-state index in [4.69, 9.17) is 14.2 Å². The van der Waals surface area contributed by atoms with Crippen molar-refractivity contribution in [2.45, 2.75) is 33.1 Å². The molecule has 5 heteroatoms. The molecule has 0 saturated carbocycles. The first kappa shape index (κ1) is 20.6. The van der Waals surface area contributed by atoms with Crippen molar-refractivity contribution < 1.29 is 19.0 Å². The Bertz CT molecular complexity index is 713. The van der Waals surface area contributed by atoms with Gasteiger partial charge in [-0.1, -0.05) is 18.2 Å². The Balaban J connectivity index is 1.78. The lowest BCUT2D eigenvalue weighted by Crippen LogP contribution is -2.25. The molecule has 0 saturated heterocycles. The topological polar surface area (TPSA) is 56.8 Å². The number of amides is 1. The molecule has 0 heterocycles. The van der Waals surface area contributed by atoms with Gasteiger partial charge in [-0.05, 0) is 62.1 Å². The van der Waals surface area contributed by atoms with Crippen molar-refractivity contribution >= 4 is 5.91 Å². The predicted octanol–water partition coefficient (Wildman–Crippen LogP) is 3.78. The Morgan fingerprint density at radius 2 is 1.56 bits per heavy atom. The van der Waals surface area contributed by atoms with Crippen molar-refractivity contribution in [2.75, 3.05) is 26.9 Å². The van der Waals surface area contributed by atoms with Crippen molar-refractivity contribution in [1.29, 1.82) is 0 Å². The van der Waals surface area contributed by atoms with Crippen molar-refractivity contribution in [3.05, 3.63) is 53.6 Å². The molecule has 0 aromatic heterocycles. The predicted molar refractivity (Wildman–Crippen MR) is 107 cm³/mol. The van der Waals surface area contributed by atoms with Gasteiger partial charge in [-0.15, -0.1) is 0 Å². The van der Waals surface area contributed by atoms with Gasteiger partial charge >= 0.3 is 0 Å². The number of hydrogen-bond acceptors (Lipinski definition) is 4. The maximum absolute atomic E-state index is 12.1. The van der Waals surface area contributed by atoms with Gasteiger partial charge in [0.05, 0.1) is 20.3 Å². The van der Waals surface area contributed by atoms with Crippen LogP contribution in [0.1, 0.15) is 31.4 Å². The van der Waals surface area contributed by atoms with E-state index in [0.717, 1.165) is 29.2 Å².